The normalized spacial score (nSPS) is 11.5. The third-order valence-electron chi connectivity index (χ3n) is 23.7. The molecule has 0 saturated heterocycles. The molecular formula is C116H75N8OPS. The van der Waals surface area contributed by atoms with Gasteiger partial charge in [-0.1, -0.05) is 413 Å². The Kier molecular flexibility index (Phi) is 20.3. The van der Waals surface area contributed by atoms with Crippen molar-refractivity contribution in [1.82, 2.24) is 39.9 Å². The maximum Gasteiger partial charge on any atom is 0.171 e. The molecule has 5 aromatic heterocycles. The molecule has 0 N–H and O–H groups in total. The van der Waals surface area contributed by atoms with E-state index in [0.717, 1.165) is 149 Å². The molecule has 127 heavy (non-hydrogen) atoms. The van der Waals surface area contributed by atoms with Gasteiger partial charge in [0.2, 0.25) is 0 Å². The molecule has 0 bridgehead atoms. The van der Waals surface area contributed by atoms with Crippen LogP contribution in [0.25, 0.3) is 210 Å². The lowest BCUT2D eigenvalue weighted by atomic mass is 9.91. The quantitative estimate of drug-likeness (QED) is 0.0688. The minimum atomic E-state index is -3.16. The summed E-state index contributed by atoms with van der Waals surface area (Å²) in [6, 6.07) is 157. The van der Waals surface area contributed by atoms with Gasteiger partial charge in [-0.3, -0.25) is 0 Å². The highest BCUT2D eigenvalue weighted by Gasteiger charge is 2.30. The minimum Gasteiger partial charge on any atom is -0.309 e. The monoisotopic (exact) mass is 1660 g/mol. The van der Waals surface area contributed by atoms with E-state index in [1.54, 1.807) is 0 Å². The zero-order valence-electron chi connectivity index (χ0n) is 68.6. The van der Waals surface area contributed by atoms with E-state index in [9.17, 15) is 0 Å². The molecule has 0 spiro atoms. The molecule has 0 saturated carbocycles. The van der Waals surface area contributed by atoms with E-state index in [-0.39, 0.29) is 0 Å². The molecule has 0 unspecified atom stereocenters. The Morgan fingerprint density at radius 3 is 0.882 bits per heavy atom. The Bertz CT molecular complexity index is 8100. The molecule has 596 valence electrons. The van der Waals surface area contributed by atoms with E-state index in [4.69, 9.17) is 39.9 Å². The fourth-order valence-electron chi connectivity index (χ4n) is 17.5. The second-order valence-electron chi connectivity index (χ2n) is 31.5. The summed E-state index contributed by atoms with van der Waals surface area (Å²) >= 11 is 1.85. The van der Waals surface area contributed by atoms with E-state index in [2.05, 4.69) is 309 Å². The highest BCUT2D eigenvalue weighted by Crippen LogP contribution is 2.47. The molecular weight excluding hydrogens is 1580 g/mol. The van der Waals surface area contributed by atoms with E-state index in [1.165, 1.54) is 42.1 Å². The summed E-state index contributed by atoms with van der Waals surface area (Å²) in [5.74, 6) is 3.55. The van der Waals surface area contributed by atoms with Gasteiger partial charge in [-0.15, -0.1) is 11.3 Å². The third-order valence-corrected chi connectivity index (χ3v) is 28.0. The molecule has 0 aliphatic rings. The molecule has 0 atom stereocenters. The molecule has 23 rings (SSSR count). The van der Waals surface area contributed by atoms with Gasteiger partial charge in [-0.2, -0.15) is 0 Å². The van der Waals surface area contributed by atoms with Gasteiger partial charge >= 0.3 is 0 Å². The first-order chi connectivity index (χ1) is 62.8. The van der Waals surface area contributed by atoms with Crippen LogP contribution in [0.1, 0.15) is 0 Å². The maximum absolute atomic E-state index is 15.1. The van der Waals surface area contributed by atoms with Gasteiger partial charge in [0.25, 0.3) is 0 Å². The van der Waals surface area contributed by atoms with Gasteiger partial charge in [-0.05, 0) is 98.1 Å². The van der Waals surface area contributed by atoms with Crippen molar-refractivity contribution in [3.63, 3.8) is 0 Å². The average molecular weight is 1660 g/mol. The zero-order valence-corrected chi connectivity index (χ0v) is 70.4. The van der Waals surface area contributed by atoms with Crippen LogP contribution in [0.4, 0.5) is 0 Å². The molecule has 23 aromatic rings. The lowest BCUT2D eigenvalue weighted by Crippen LogP contribution is -2.24. The van der Waals surface area contributed by atoms with Crippen molar-refractivity contribution < 1.29 is 4.57 Å². The summed E-state index contributed by atoms with van der Waals surface area (Å²) in [7, 11) is -3.16. The first kappa shape index (κ1) is 76.9. The first-order valence-corrected chi connectivity index (χ1v) is 45.0. The number of pyridine rings is 2. The number of benzene rings is 18. The molecule has 11 heteroatoms. The Morgan fingerprint density at radius 2 is 0.457 bits per heavy atom. The topological polar surface area (TPSA) is 120 Å². The van der Waals surface area contributed by atoms with Crippen LogP contribution >= 0.6 is 18.5 Å². The summed E-state index contributed by atoms with van der Waals surface area (Å²) in [5.41, 5.74) is 22.7. The minimum absolute atomic E-state index is 0.532. The number of aromatic nitrogens is 8. The van der Waals surface area contributed by atoms with Crippen molar-refractivity contribution in [2.45, 2.75) is 0 Å². The van der Waals surface area contributed by atoms with Crippen LogP contribution < -0.4 is 15.9 Å². The Morgan fingerprint density at radius 1 is 0.181 bits per heavy atom. The van der Waals surface area contributed by atoms with Gasteiger partial charge < -0.3 is 4.57 Å². The lowest BCUT2D eigenvalue weighted by Gasteiger charge is -2.20. The van der Waals surface area contributed by atoms with E-state index in [0.29, 0.717) is 34.9 Å². The van der Waals surface area contributed by atoms with Crippen LogP contribution in [0.3, 0.4) is 0 Å². The van der Waals surface area contributed by atoms with Crippen LogP contribution in [0, 0.1) is 0 Å². The molecule has 5 heterocycles. The van der Waals surface area contributed by atoms with Gasteiger partial charge in [0.15, 0.2) is 42.1 Å². The average Bonchev–Trinajstić information content (AvgIpc) is 1.59. The largest absolute Gasteiger partial charge is 0.309 e. The number of thiophene rings is 1. The third kappa shape index (κ3) is 14.9. The van der Waals surface area contributed by atoms with Crippen LogP contribution in [0.2, 0.25) is 0 Å². The predicted octanol–water partition coefficient (Wildman–Crippen LogP) is 28.8. The lowest BCUT2D eigenvalue weighted by molar-refractivity contribution is 0.592. The Hall–Kier alpha value is -16.2. The number of para-hydroxylation sites is 2. The molecule has 0 radical (unpaired) electrons. The molecule has 0 fully saturated rings. The van der Waals surface area contributed by atoms with Crippen molar-refractivity contribution in [2.24, 2.45) is 0 Å². The molecule has 18 aromatic carbocycles. The van der Waals surface area contributed by atoms with Gasteiger partial charge in [0.1, 0.15) is 0 Å². The number of hydrogen-bond acceptors (Lipinski definition) is 10. The van der Waals surface area contributed by atoms with E-state index >= 15 is 4.57 Å². The van der Waals surface area contributed by atoms with E-state index < -0.39 is 7.14 Å². The smallest absolute Gasteiger partial charge is 0.171 e. The van der Waals surface area contributed by atoms with E-state index in [1.807, 2.05) is 157 Å². The summed E-state index contributed by atoms with van der Waals surface area (Å²) < 4.78 is 17.7. The predicted molar refractivity (Wildman–Crippen MR) is 528 cm³/mol. The second kappa shape index (κ2) is 33.5. The Balaban J connectivity index is 0.000000150. The molecule has 0 aliphatic carbocycles. The SMILES string of the molecule is O=P(c1ccccc1)(c1ccccc1)c1ccc(-c2nc(-c3ccccc3)nc(-c3cccc(-c4cccc(-c5cccc6c(-c7ccccc7)nc7ccccc7c56)c4)c3)n2)cc1.c1ccc(-c2nc(-c3ccc(-c4cccc5c4sc4ccccc45)cc3)nc(-c3cccc(-c4cccc(-c5cccc6c(-c7ccccc7)nc7ccccc7c56)c4)c3)n2)cc1. The maximum atomic E-state index is 15.1. The van der Waals surface area contributed by atoms with Gasteiger partial charge in [0, 0.05) is 113 Å². The van der Waals surface area contributed by atoms with Crippen molar-refractivity contribution in [3.8, 4) is 146 Å². The fourth-order valence-corrected chi connectivity index (χ4v) is 21.4. The Labute approximate surface area is 738 Å². The fraction of sp³-hybridized carbons (Fsp3) is 0. The van der Waals surface area contributed by atoms with Crippen molar-refractivity contribution in [3.05, 3.63) is 455 Å². The van der Waals surface area contributed by atoms with Gasteiger partial charge in [0.05, 0.1) is 22.4 Å². The van der Waals surface area contributed by atoms with Crippen molar-refractivity contribution >= 4 is 97.9 Å². The van der Waals surface area contributed by atoms with Crippen molar-refractivity contribution in [1.29, 1.82) is 0 Å². The summed E-state index contributed by atoms with van der Waals surface area (Å²) in [4.78, 5) is 40.8. The molecule has 0 amide bonds. The molecule has 0 aliphatic heterocycles. The van der Waals surface area contributed by atoms with Crippen LogP contribution in [0.5, 0.6) is 0 Å². The highest BCUT2D eigenvalue weighted by atomic mass is 32.1. The summed E-state index contributed by atoms with van der Waals surface area (Å²) in [5, 5.41) is 11.8. The summed E-state index contributed by atoms with van der Waals surface area (Å²) in [6.07, 6.45) is 0. The standard InChI is InChI=1S/C58H39N4OP.C58H36N4S/c63-64(47-26-9-3-10-27-47,48-28-11-4-12-29-48)49-36-34-42(35-37-49)57-60-56(41-20-7-2-8-21-41)61-58(62-57)46-25-16-23-44(39-46)43-22-15-24-45(38-43)50-31-17-32-52-54(50)51-30-13-14-33-53(51)59-55(52)40-18-5-1-6-19-40;1-3-15-38(16-4-1)54-50-28-13-25-45(53(50)49-24-7-9-29-51(49)59-54)43-21-11-19-41(35-43)42-20-12-22-44(36-42)58-61-56(39-17-5-2-6-18-39)60-57(62-58)40-33-31-37(32-34-40)46-26-14-27-48-47-23-8-10-30-52(47)63-55(46)48/h1-39H;1-36H. The van der Waals surface area contributed by atoms with Crippen LogP contribution in [-0.2, 0) is 4.57 Å². The number of fused-ring (bicyclic) bond motifs is 9. The van der Waals surface area contributed by atoms with Crippen LogP contribution in [0.15, 0.2) is 455 Å². The second-order valence-corrected chi connectivity index (χ2v) is 35.3. The highest BCUT2D eigenvalue weighted by molar-refractivity contribution is 7.85. The van der Waals surface area contributed by atoms with Crippen LogP contribution in [-0.4, -0.2) is 39.9 Å². The summed E-state index contributed by atoms with van der Waals surface area (Å²) in [6.45, 7) is 0. The zero-order chi connectivity index (χ0) is 84.6. The number of nitrogens with zero attached hydrogens (tertiary/aromatic N) is 8. The molecule has 9 nitrogen and oxygen atoms in total. The van der Waals surface area contributed by atoms with Crippen molar-refractivity contribution in [2.75, 3.05) is 0 Å². The number of rotatable bonds is 16. The van der Waals surface area contributed by atoms with Gasteiger partial charge in [-0.25, -0.2) is 39.9 Å². The number of hydrogen-bond donors (Lipinski definition) is 0. The first-order valence-electron chi connectivity index (χ1n) is 42.4.